The first-order chi connectivity index (χ1) is 14.3. The zero-order chi connectivity index (χ0) is 21.0. The second kappa shape index (κ2) is 19.3. The Bertz CT molecular complexity index is 366. The van der Waals surface area contributed by atoms with Crippen LogP contribution in [0.15, 0.2) is 12.4 Å². The summed E-state index contributed by atoms with van der Waals surface area (Å²) < 4.78 is 0. The Kier molecular flexibility index (Phi) is 17.6. The third-order valence-corrected chi connectivity index (χ3v) is 6.68. The van der Waals surface area contributed by atoms with Crippen molar-refractivity contribution in [2.75, 3.05) is 13.6 Å². The molecule has 29 heavy (non-hydrogen) atoms. The van der Waals surface area contributed by atoms with Crippen molar-refractivity contribution in [3.05, 3.63) is 12.4 Å². The van der Waals surface area contributed by atoms with Crippen molar-refractivity contribution in [1.29, 1.82) is 0 Å². The van der Waals surface area contributed by atoms with Gasteiger partial charge in [-0.2, -0.15) is 0 Å². The third kappa shape index (κ3) is 14.1. The Morgan fingerprint density at radius 2 is 0.931 bits per heavy atom. The van der Waals surface area contributed by atoms with Gasteiger partial charge < -0.3 is 9.80 Å². The van der Waals surface area contributed by atoms with E-state index in [1.165, 1.54) is 135 Å². The van der Waals surface area contributed by atoms with Crippen molar-refractivity contribution in [1.82, 2.24) is 9.80 Å². The molecular formula is C27H54N2. The summed E-state index contributed by atoms with van der Waals surface area (Å²) in [5, 5.41) is 0. The molecule has 0 fully saturated rings. The second-order valence-corrected chi connectivity index (χ2v) is 9.48. The van der Waals surface area contributed by atoms with Crippen LogP contribution in [0, 0.1) is 0 Å². The summed E-state index contributed by atoms with van der Waals surface area (Å²) in [4.78, 5) is 5.02. The average molecular weight is 407 g/mol. The summed E-state index contributed by atoms with van der Waals surface area (Å²) in [6.45, 7) is 5.84. The predicted octanol–water partition coefficient (Wildman–Crippen LogP) is 8.87. The van der Waals surface area contributed by atoms with E-state index in [9.17, 15) is 0 Å². The van der Waals surface area contributed by atoms with Gasteiger partial charge in [0.2, 0.25) is 0 Å². The molecule has 2 nitrogen and oxygen atoms in total. The van der Waals surface area contributed by atoms with E-state index in [2.05, 4.69) is 43.1 Å². The lowest BCUT2D eigenvalue weighted by atomic mass is 10.0. The van der Waals surface area contributed by atoms with Gasteiger partial charge >= 0.3 is 0 Å². The Morgan fingerprint density at radius 3 is 1.41 bits per heavy atom. The van der Waals surface area contributed by atoms with Gasteiger partial charge in [-0.05, 0) is 19.3 Å². The van der Waals surface area contributed by atoms with Crippen LogP contribution < -0.4 is 0 Å². The number of rotatable bonds is 21. The minimum absolute atomic E-state index is 0.624. The molecule has 2 heteroatoms. The molecule has 0 radical (unpaired) electrons. The highest BCUT2D eigenvalue weighted by atomic mass is 15.4. The number of nitrogens with zero attached hydrogens (tertiary/aromatic N) is 2. The van der Waals surface area contributed by atoms with Gasteiger partial charge in [0.15, 0.2) is 0 Å². The molecule has 0 aliphatic carbocycles. The monoisotopic (exact) mass is 406 g/mol. The maximum absolute atomic E-state index is 2.59. The molecule has 0 spiro atoms. The zero-order valence-corrected chi connectivity index (χ0v) is 20.5. The lowest BCUT2D eigenvalue weighted by molar-refractivity contribution is 0.159. The van der Waals surface area contributed by atoms with E-state index in [1.807, 2.05) is 0 Å². The molecule has 0 aromatic rings. The Labute approximate surface area is 184 Å². The molecule has 1 atom stereocenters. The zero-order valence-electron chi connectivity index (χ0n) is 20.5. The highest BCUT2D eigenvalue weighted by molar-refractivity contribution is 4.95. The molecule has 0 saturated heterocycles. The minimum Gasteiger partial charge on any atom is -0.359 e. The summed E-state index contributed by atoms with van der Waals surface area (Å²) in [5.41, 5.74) is 0. The Balaban J connectivity index is 1.90. The molecule has 0 aromatic carbocycles. The number of hydrogen-bond acceptors (Lipinski definition) is 2. The van der Waals surface area contributed by atoms with E-state index >= 15 is 0 Å². The third-order valence-electron chi connectivity index (χ3n) is 6.68. The van der Waals surface area contributed by atoms with E-state index in [0.29, 0.717) is 6.17 Å². The minimum atomic E-state index is 0.624. The van der Waals surface area contributed by atoms with Crippen LogP contribution in [0.5, 0.6) is 0 Å². The highest BCUT2D eigenvalue weighted by Gasteiger charge is 2.22. The SMILES string of the molecule is CCCCCCCCCCCCCCCCC1N(C)C=CN1CCCCCCC. The first-order valence-electron chi connectivity index (χ1n) is 13.5. The van der Waals surface area contributed by atoms with Gasteiger partial charge in [0.25, 0.3) is 0 Å². The van der Waals surface area contributed by atoms with E-state index in [-0.39, 0.29) is 0 Å². The first kappa shape index (κ1) is 26.4. The van der Waals surface area contributed by atoms with Crippen molar-refractivity contribution < 1.29 is 0 Å². The van der Waals surface area contributed by atoms with Crippen molar-refractivity contribution in [3.63, 3.8) is 0 Å². The summed E-state index contributed by atoms with van der Waals surface area (Å²) >= 11 is 0. The summed E-state index contributed by atoms with van der Waals surface area (Å²) in [6.07, 6.45) is 33.7. The Morgan fingerprint density at radius 1 is 0.517 bits per heavy atom. The summed E-state index contributed by atoms with van der Waals surface area (Å²) in [6, 6.07) is 0. The van der Waals surface area contributed by atoms with E-state index < -0.39 is 0 Å². The Hall–Kier alpha value is -0.660. The van der Waals surface area contributed by atoms with E-state index in [0.717, 1.165) is 0 Å². The van der Waals surface area contributed by atoms with Crippen LogP contribution in [0.3, 0.4) is 0 Å². The molecule has 1 unspecified atom stereocenters. The van der Waals surface area contributed by atoms with Gasteiger partial charge in [0, 0.05) is 26.0 Å². The molecule has 0 saturated carbocycles. The van der Waals surface area contributed by atoms with Gasteiger partial charge in [0.1, 0.15) is 6.17 Å². The van der Waals surface area contributed by atoms with Gasteiger partial charge in [-0.3, -0.25) is 0 Å². The quantitative estimate of drug-likeness (QED) is 0.176. The second-order valence-electron chi connectivity index (χ2n) is 9.48. The van der Waals surface area contributed by atoms with Crippen molar-refractivity contribution in [2.45, 2.75) is 148 Å². The molecule has 172 valence electrons. The molecule has 1 rings (SSSR count). The molecule has 0 bridgehead atoms. The smallest absolute Gasteiger partial charge is 0.100 e. The highest BCUT2D eigenvalue weighted by Crippen LogP contribution is 2.21. The maximum Gasteiger partial charge on any atom is 0.100 e. The summed E-state index contributed by atoms with van der Waals surface area (Å²) in [5.74, 6) is 0. The van der Waals surface area contributed by atoms with E-state index in [1.54, 1.807) is 0 Å². The van der Waals surface area contributed by atoms with Crippen LogP contribution in [-0.4, -0.2) is 29.6 Å². The number of hydrogen-bond donors (Lipinski definition) is 0. The molecule has 1 aliphatic heterocycles. The van der Waals surface area contributed by atoms with Crippen LogP contribution in [-0.2, 0) is 0 Å². The molecule has 0 aromatic heterocycles. The topological polar surface area (TPSA) is 6.48 Å². The number of unbranched alkanes of at least 4 members (excludes halogenated alkanes) is 17. The van der Waals surface area contributed by atoms with Crippen LogP contribution in [0.4, 0.5) is 0 Å². The predicted molar refractivity (Wildman–Crippen MR) is 131 cm³/mol. The molecular weight excluding hydrogens is 352 g/mol. The molecule has 1 heterocycles. The summed E-state index contributed by atoms with van der Waals surface area (Å²) in [7, 11) is 2.25. The van der Waals surface area contributed by atoms with Crippen molar-refractivity contribution >= 4 is 0 Å². The van der Waals surface area contributed by atoms with Crippen LogP contribution in [0.2, 0.25) is 0 Å². The van der Waals surface area contributed by atoms with Gasteiger partial charge in [-0.25, -0.2) is 0 Å². The standard InChI is InChI=1S/C27H54N2/c1-4-6-8-10-11-12-13-14-15-16-17-18-19-21-23-27-28(3)25-26-29(27)24-22-20-9-7-5-2/h25-27H,4-24H2,1-3H3. The van der Waals surface area contributed by atoms with Crippen molar-refractivity contribution in [2.24, 2.45) is 0 Å². The largest absolute Gasteiger partial charge is 0.359 e. The van der Waals surface area contributed by atoms with Crippen LogP contribution in [0.1, 0.15) is 142 Å². The van der Waals surface area contributed by atoms with Gasteiger partial charge in [-0.15, -0.1) is 0 Å². The van der Waals surface area contributed by atoms with Crippen molar-refractivity contribution in [3.8, 4) is 0 Å². The molecule has 0 amide bonds. The first-order valence-corrected chi connectivity index (χ1v) is 13.5. The normalized spacial score (nSPS) is 16.3. The van der Waals surface area contributed by atoms with E-state index in [4.69, 9.17) is 0 Å². The van der Waals surface area contributed by atoms with Gasteiger partial charge in [0.05, 0.1) is 0 Å². The fraction of sp³-hybridized carbons (Fsp3) is 0.926. The molecule has 1 aliphatic rings. The lowest BCUT2D eigenvalue weighted by Crippen LogP contribution is -2.37. The average Bonchev–Trinajstić information content (AvgIpc) is 3.07. The fourth-order valence-electron chi connectivity index (χ4n) is 4.64. The molecule has 0 N–H and O–H groups in total. The lowest BCUT2D eigenvalue weighted by Gasteiger charge is -2.30. The van der Waals surface area contributed by atoms with Crippen LogP contribution in [0.25, 0.3) is 0 Å². The van der Waals surface area contributed by atoms with Gasteiger partial charge in [-0.1, -0.05) is 123 Å². The fourth-order valence-corrected chi connectivity index (χ4v) is 4.64. The van der Waals surface area contributed by atoms with Crippen LogP contribution >= 0.6 is 0 Å². The maximum atomic E-state index is 2.59.